The maximum Gasteiger partial charge on any atom is 0.153 e. The van der Waals surface area contributed by atoms with Crippen LogP contribution in [0.3, 0.4) is 0 Å². The van der Waals surface area contributed by atoms with Gasteiger partial charge in [0.15, 0.2) is 5.78 Å². The molecule has 3 heterocycles. The van der Waals surface area contributed by atoms with E-state index in [2.05, 4.69) is 41.8 Å². The zero-order valence-electron chi connectivity index (χ0n) is 20.8. The third-order valence-electron chi connectivity index (χ3n) is 6.91. The Bertz CT molecular complexity index is 1310. The van der Waals surface area contributed by atoms with Gasteiger partial charge in [0.2, 0.25) is 0 Å². The van der Waals surface area contributed by atoms with Crippen LogP contribution >= 0.6 is 0 Å². The molecule has 4 aromatic rings. The van der Waals surface area contributed by atoms with Gasteiger partial charge in [-0.15, -0.1) is 0 Å². The average molecular weight is 468 g/mol. The molecule has 1 saturated heterocycles. The molecule has 5 rings (SSSR count). The molecule has 6 nitrogen and oxygen atoms in total. The maximum atomic E-state index is 12.8. The molecule has 0 radical (unpaired) electrons. The van der Waals surface area contributed by atoms with Crippen molar-refractivity contribution in [3.05, 3.63) is 84.3 Å². The van der Waals surface area contributed by atoms with E-state index in [9.17, 15) is 4.79 Å². The van der Waals surface area contributed by atoms with Crippen molar-refractivity contribution in [3.8, 4) is 5.69 Å². The molecule has 2 aromatic carbocycles. The number of para-hydroxylation sites is 1. The molecule has 1 fully saturated rings. The van der Waals surface area contributed by atoms with Crippen LogP contribution in [0.25, 0.3) is 16.6 Å². The van der Waals surface area contributed by atoms with Gasteiger partial charge in [0.25, 0.3) is 0 Å². The van der Waals surface area contributed by atoms with Gasteiger partial charge in [0, 0.05) is 44.0 Å². The summed E-state index contributed by atoms with van der Waals surface area (Å²) >= 11 is 0. The third-order valence-corrected chi connectivity index (χ3v) is 6.91. The second-order valence-electron chi connectivity index (χ2n) is 9.68. The quantitative estimate of drug-likeness (QED) is 0.381. The van der Waals surface area contributed by atoms with Crippen molar-refractivity contribution >= 4 is 22.4 Å². The van der Waals surface area contributed by atoms with E-state index in [1.807, 2.05) is 59.5 Å². The van der Waals surface area contributed by atoms with Gasteiger partial charge >= 0.3 is 0 Å². The first-order chi connectivity index (χ1) is 17.0. The number of hydrogen-bond donors (Lipinski definition) is 0. The van der Waals surface area contributed by atoms with Gasteiger partial charge < -0.3 is 4.90 Å². The van der Waals surface area contributed by atoms with E-state index in [1.165, 1.54) is 16.6 Å². The molecule has 0 aliphatic carbocycles. The first-order valence-corrected chi connectivity index (χ1v) is 12.5. The van der Waals surface area contributed by atoms with Crippen LogP contribution < -0.4 is 4.90 Å². The molecule has 0 N–H and O–H groups in total. The monoisotopic (exact) mass is 467 g/mol. The summed E-state index contributed by atoms with van der Waals surface area (Å²) in [5.41, 5.74) is 5.38. The highest BCUT2D eigenvalue weighted by Crippen LogP contribution is 2.32. The van der Waals surface area contributed by atoms with E-state index in [0.717, 1.165) is 49.5 Å². The molecule has 1 aliphatic heterocycles. The number of benzene rings is 2. The number of hydrogen-bond acceptors (Lipinski definition) is 5. The summed E-state index contributed by atoms with van der Waals surface area (Å²) in [6.45, 7) is 9.58. The van der Waals surface area contributed by atoms with E-state index in [1.54, 1.807) is 6.92 Å². The largest absolute Gasteiger partial charge is 0.368 e. The van der Waals surface area contributed by atoms with Gasteiger partial charge in [-0.3, -0.25) is 14.7 Å². The Morgan fingerprint density at radius 3 is 2.54 bits per heavy atom. The lowest BCUT2D eigenvalue weighted by Crippen LogP contribution is -2.37. The summed E-state index contributed by atoms with van der Waals surface area (Å²) in [6, 6.07) is 20.4. The van der Waals surface area contributed by atoms with E-state index in [4.69, 9.17) is 10.1 Å². The highest BCUT2D eigenvalue weighted by Gasteiger charge is 2.29. The first kappa shape index (κ1) is 23.2. The van der Waals surface area contributed by atoms with Crippen LogP contribution in [-0.2, 0) is 4.79 Å². The Hall–Kier alpha value is -3.51. The molecule has 1 aliphatic rings. The van der Waals surface area contributed by atoms with Crippen molar-refractivity contribution in [3.63, 3.8) is 0 Å². The molecule has 1 atom stereocenters. The zero-order chi connectivity index (χ0) is 24.4. The summed E-state index contributed by atoms with van der Waals surface area (Å²) in [5, 5.41) is 5.97. The van der Waals surface area contributed by atoms with Gasteiger partial charge in [-0.2, -0.15) is 5.10 Å². The molecule has 35 heavy (non-hydrogen) atoms. The van der Waals surface area contributed by atoms with Gasteiger partial charge in [0.05, 0.1) is 22.6 Å². The van der Waals surface area contributed by atoms with Crippen LogP contribution in [0.15, 0.2) is 73.1 Å². The lowest BCUT2D eigenvalue weighted by Gasteiger charge is -2.28. The molecule has 180 valence electrons. The fraction of sp³-hybridized carbons (Fsp3) is 0.345. The summed E-state index contributed by atoms with van der Waals surface area (Å²) in [7, 11) is 0. The van der Waals surface area contributed by atoms with Crippen LogP contribution in [0.4, 0.5) is 5.69 Å². The summed E-state index contributed by atoms with van der Waals surface area (Å²) in [6.07, 6.45) is 4.79. The molecule has 6 heteroatoms. The van der Waals surface area contributed by atoms with Crippen molar-refractivity contribution in [2.24, 2.45) is 0 Å². The molecule has 0 amide bonds. The SMILES string of the molecule is CC(=O)C(c1ccn(-c2ccccc2)n1)N1CCCN(c2cc(C(C)C)cc3cccnc23)CC1. The Morgan fingerprint density at radius 2 is 1.77 bits per heavy atom. The Labute approximate surface area is 207 Å². The van der Waals surface area contributed by atoms with Gasteiger partial charge in [-0.25, -0.2) is 4.68 Å². The smallest absolute Gasteiger partial charge is 0.153 e. The normalized spacial score (nSPS) is 15.9. The standard InChI is InChI=1S/C29H33N5O/c1-21(2)24-19-23-9-7-13-30-28(23)27(20-24)32-14-8-15-33(18-17-32)29(22(3)35)26-12-16-34(31-26)25-10-5-4-6-11-25/h4-7,9-13,16,19-21,29H,8,14-15,17-18H2,1-3H3. The van der Waals surface area contributed by atoms with E-state index in [-0.39, 0.29) is 11.8 Å². The molecule has 0 spiro atoms. The van der Waals surface area contributed by atoms with Crippen LogP contribution in [-0.4, -0.2) is 51.6 Å². The van der Waals surface area contributed by atoms with Crippen molar-refractivity contribution < 1.29 is 4.79 Å². The lowest BCUT2D eigenvalue weighted by molar-refractivity contribution is -0.122. The highest BCUT2D eigenvalue weighted by atomic mass is 16.1. The molecule has 0 bridgehead atoms. The maximum absolute atomic E-state index is 12.8. The average Bonchev–Trinajstić information content (AvgIpc) is 3.22. The predicted molar refractivity (Wildman–Crippen MR) is 141 cm³/mol. The van der Waals surface area contributed by atoms with Crippen LogP contribution in [0.1, 0.15) is 50.4 Å². The van der Waals surface area contributed by atoms with E-state index >= 15 is 0 Å². The summed E-state index contributed by atoms with van der Waals surface area (Å²) in [5.74, 6) is 0.578. The summed E-state index contributed by atoms with van der Waals surface area (Å²) in [4.78, 5) is 22.3. The number of aromatic nitrogens is 3. The number of rotatable bonds is 6. The number of fused-ring (bicyclic) bond motifs is 1. The van der Waals surface area contributed by atoms with Crippen LogP contribution in [0, 0.1) is 0 Å². The van der Waals surface area contributed by atoms with Crippen molar-refractivity contribution in [2.45, 2.75) is 39.2 Å². The topological polar surface area (TPSA) is 54.3 Å². The second kappa shape index (κ2) is 10.0. The van der Waals surface area contributed by atoms with Crippen molar-refractivity contribution in [2.75, 3.05) is 31.1 Å². The number of ketones is 1. The Balaban J connectivity index is 1.40. The molecular weight excluding hydrogens is 434 g/mol. The lowest BCUT2D eigenvalue weighted by atomic mass is 9.99. The molecule has 0 saturated carbocycles. The fourth-order valence-corrected chi connectivity index (χ4v) is 5.07. The molecule has 2 aromatic heterocycles. The van der Waals surface area contributed by atoms with Gasteiger partial charge in [0.1, 0.15) is 6.04 Å². The number of carbonyl (C=O) groups excluding carboxylic acids is 1. The van der Waals surface area contributed by atoms with Gasteiger partial charge in [-0.1, -0.05) is 38.1 Å². The van der Waals surface area contributed by atoms with Crippen molar-refractivity contribution in [1.29, 1.82) is 0 Å². The predicted octanol–water partition coefficient (Wildman–Crippen LogP) is 5.39. The minimum Gasteiger partial charge on any atom is -0.368 e. The summed E-state index contributed by atoms with van der Waals surface area (Å²) < 4.78 is 1.85. The molecular formula is C29H33N5O. The minimum absolute atomic E-state index is 0.130. The number of pyridine rings is 1. The third kappa shape index (κ3) is 4.84. The van der Waals surface area contributed by atoms with Crippen LogP contribution in [0.2, 0.25) is 0 Å². The Morgan fingerprint density at radius 1 is 0.943 bits per heavy atom. The number of nitrogens with zero attached hydrogens (tertiary/aromatic N) is 5. The number of Topliss-reactive ketones (excluding diaryl/α,β-unsaturated/α-hetero) is 1. The highest BCUT2D eigenvalue weighted by molar-refractivity contribution is 5.91. The fourth-order valence-electron chi connectivity index (χ4n) is 5.07. The van der Waals surface area contributed by atoms with Crippen molar-refractivity contribution in [1.82, 2.24) is 19.7 Å². The van der Waals surface area contributed by atoms with E-state index in [0.29, 0.717) is 5.92 Å². The first-order valence-electron chi connectivity index (χ1n) is 12.5. The molecule has 1 unspecified atom stereocenters. The number of carbonyl (C=O) groups is 1. The van der Waals surface area contributed by atoms with E-state index < -0.39 is 0 Å². The minimum atomic E-state index is -0.336. The van der Waals surface area contributed by atoms with Gasteiger partial charge in [-0.05, 0) is 61.2 Å². The zero-order valence-corrected chi connectivity index (χ0v) is 20.8. The van der Waals surface area contributed by atoms with Crippen LogP contribution in [0.5, 0.6) is 0 Å². The number of anilines is 1. The second-order valence-corrected chi connectivity index (χ2v) is 9.68. The Kier molecular flexibility index (Phi) is 6.64.